The van der Waals surface area contributed by atoms with Gasteiger partial charge in [-0.15, -0.1) is 5.10 Å². The minimum absolute atomic E-state index is 0.0967. The Labute approximate surface area is 197 Å². The molecule has 0 spiro atoms. The van der Waals surface area contributed by atoms with Crippen molar-refractivity contribution in [1.82, 2.24) is 20.2 Å². The van der Waals surface area contributed by atoms with E-state index in [-0.39, 0.29) is 11.3 Å². The molecule has 3 aliphatic rings. The molecule has 0 amide bonds. The molecule has 1 aromatic carbocycles. The van der Waals surface area contributed by atoms with Gasteiger partial charge in [0.15, 0.2) is 0 Å². The first-order chi connectivity index (χ1) is 16.5. The maximum absolute atomic E-state index is 8.77. The molecule has 0 radical (unpaired) electrons. The lowest BCUT2D eigenvalue weighted by atomic mass is 10.0. The fourth-order valence-corrected chi connectivity index (χ4v) is 4.15. The minimum atomic E-state index is -0.0967. The van der Waals surface area contributed by atoms with E-state index >= 15 is 0 Å². The largest absolute Gasteiger partial charge is 0.488 e. The van der Waals surface area contributed by atoms with Crippen LogP contribution in [0.5, 0.6) is 5.75 Å². The van der Waals surface area contributed by atoms with Crippen molar-refractivity contribution in [3.05, 3.63) is 47.7 Å². The van der Waals surface area contributed by atoms with Crippen molar-refractivity contribution in [2.24, 2.45) is 0 Å². The van der Waals surface area contributed by atoms with E-state index < -0.39 is 0 Å². The first-order valence-corrected chi connectivity index (χ1v) is 11.8. The van der Waals surface area contributed by atoms with Crippen molar-refractivity contribution in [3.8, 4) is 5.75 Å². The zero-order valence-electron chi connectivity index (χ0n) is 19.2. The van der Waals surface area contributed by atoms with Crippen LogP contribution in [0.4, 0.5) is 17.5 Å². The first-order valence-electron chi connectivity index (χ1n) is 11.8. The highest BCUT2D eigenvalue weighted by atomic mass is 16.5. The number of nitrogens with one attached hydrogen (secondary N) is 1. The van der Waals surface area contributed by atoms with Gasteiger partial charge in [-0.2, -0.15) is 0 Å². The van der Waals surface area contributed by atoms with Crippen LogP contribution >= 0.6 is 0 Å². The molecular weight excluding hydrogens is 432 g/mol. The molecule has 3 fully saturated rings. The highest BCUT2D eigenvalue weighted by Gasteiger charge is 2.40. The van der Waals surface area contributed by atoms with Crippen LogP contribution in [0.1, 0.15) is 55.7 Å². The van der Waals surface area contributed by atoms with Gasteiger partial charge in [0.05, 0.1) is 11.4 Å². The Balaban J connectivity index is 1.15. The van der Waals surface area contributed by atoms with Crippen molar-refractivity contribution in [1.29, 1.82) is 5.41 Å². The van der Waals surface area contributed by atoms with Gasteiger partial charge in [-0.05, 0) is 50.8 Å². The average Bonchev–Trinajstić information content (AvgIpc) is 3.79. The Kier molecular flexibility index (Phi) is 4.89. The zero-order chi connectivity index (χ0) is 23.3. The molecule has 34 heavy (non-hydrogen) atoms. The third-order valence-electron chi connectivity index (χ3n) is 6.75. The Hall–Kier alpha value is -3.69. The monoisotopic (exact) mass is 460 g/mol. The predicted molar refractivity (Wildman–Crippen MR) is 128 cm³/mol. The van der Waals surface area contributed by atoms with E-state index in [4.69, 9.17) is 20.3 Å². The summed E-state index contributed by atoms with van der Waals surface area (Å²) in [7, 11) is 0. The summed E-state index contributed by atoms with van der Waals surface area (Å²) >= 11 is 0. The van der Waals surface area contributed by atoms with Crippen molar-refractivity contribution in [2.45, 2.75) is 44.1 Å². The SMILES string of the molecule is CC1(Oc2ccc(N)c(C(=N)c3cc(N4CCN(c5nnc(C6CC6)o5)CC4)ncn3)c2)CC1. The first kappa shape index (κ1) is 20.9. The number of nitrogens with zero attached hydrogens (tertiary/aromatic N) is 6. The standard InChI is InChI=1S/C24H28N8O2/c1-24(6-7-24)34-16-4-5-18(25)17(12-16)21(26)19-13-20(28-14-27-19)31-8-10-32(11-9-31)23-30-29-22(33-23)15-2-3-15/h4-5,12-15,26H,2-3,6-11,25H2,1H3. The summed E-state index contributed by atoms with van der Waals surface area (Å²) in [4.78, 5) is 13.1. The zero-order valence-corrected chi connectivity index (χ0v) is 19.2. The van der Waals surface area contributed by atoms with E-state index in [0.29, 0.717) is 28.9 Å². The second-order valence-corrected chi connectivity index (χ2v) is 9.61. The highest BCUT2D eigenvalue weighted by Crippen LogP contribution is 2.41. The minimum Gasteiger partial charge on any atom is -0.488 e. The lowest BCUT2D eigenvalue weighted by Gasteiger charge is -2.34. The van der Waals surface area contributed by atoms with Gasteiger partial charge < -0.3 is 24.7 Å². The molecule has 0 bridgehead atoms. The van der Waals surface area contributed by atoms with Crippen molar-refractivity contribution < 1.29 is 9.15 Å². The van der Waals surface area contributed by atoms with Gasteiger partial charge in [-0.25, -0.2) is 9.97 Å². The molecular formula is C24H28N8O2. The average molecular weight is 461 g/mol. The number of ether oxygens (including phenoxy) is 1. The van der Waals surface area contributed by atoms with Crippen LogP contribution in [0.3, 0.4) is 0 Å². The highest BCUT2D eigenvalue weighted by molar-refractivity contribution is 6.13. The predicted octanol–water partition coefficient (Wildman–Crippen LogP) is 2.99. The van der Waals surface area contributed by atoms with Gasteiger partial charge in [-0.1, -0.05) is 5.10 Å². The summed E-state index contributed by atoms with van der Waals surface area (Å²) in [6.07, 6.45) is 5.88. The molecule has 0 unspecified atom stereocenters. The second-order valence-electron chi connectivity index (χ2n) is 9.61. The number of hydrogen-bond donors (Lipinski definition) is 2. The maximum Gasteiger partial charge on any atom is 0.318 e. The van der Waals surface area contributed by atoms with Crippen molar-refractivity contribution in [3.63, 3.8) is 0 Å². The molecule has 3 heterocycles. The van der Waals surface area contributed by atoms with E-state index in [9.17, 15) is 0 Å². The van der Waals surface area contributed by atoms with Gasteiger partial charge >= 0.3 is 6.01 Å². The van der Waals surface area contributed by atoms with E-state index in [2.05, 4.69) is 36.9 Å². The molecule has 10 nitrogen and oxygen atoms in total. The Morgan fingerprint density at radius 1 is 1.09 bits per heavy atom. The number of benzene rings is 1. The Morgan fingerprint density at radius 3 is 2.59 bits per heavy atom. The number of nitrogens with two attached hydrogens (primary N) is 1. The fourth-order valence-electron chi connectivity index (χ4n) is 4.15. The molecule has 0 atom stereocenters. The third kappa shape index (κ3) is 4.15. The second kappa shape index (κ2) is 7.96. The topological polar surface area (TPSA) is 130 Å². The van der Waals surface area contributed by atoms with E-state index in [1.165, 1.54) is 6.33 Å². The lowest BCUT2D eigenvalue weighted by Crippen LogP contribution is -2.47. The summed E-state index contributed by atoms with van der Waals surface area (Å²) < 4.78 is 11.9. The van der Waals surface area contributed by atoms with E-state index in [1.807, 2.05) is 18.2 Å². The molecule has 3 aromatic rings. The number of anilines is 3. The fraction of sp³-hybridized carbons (Fsp3) is 0.458. The summed E-state index contributed by atoms with van der Waals surface area (Å²) in [5.74, 6) is 2.73. The summed E-state index contributed by atoms with van der Waals surface area (Å²) in [6, 6.07) is 7.94. The molecule has 1 saturated heterocycles. The van der Waals surface area contributed by atoms with Gasteiger partial charge in [0, 0.05) is 49.4 Å². The quantitative estimate of drug-likeness (QED) is 0.403. The van der Waals surface area contributed by atoms with Crippen LogP contribution in [0, 0.1) is 5.41 Å². The van der Waals surface area contributed by atoms with E-state index in [0.717, 1.165) is 69.3 Å². The Morgan fingerprint density at radius 2 is 1.85 bits per heavy atom. The number of nitrogen functional groups attached to an aromatic ring is 1. The van der Waals surface area contributed by atoms with Gasteiger partial charge in [0.25, 0.3) is 0 Å². The van der Waals surface area contributed by atoms with Crippen molar-refractivity contribution >= 4 is 23.2 Å². The molecule has 10 heteroatoms. The number of rotatable bonds is 7. The van der Waals surface area contributed by atoms with Gasteiger partial charge in [0.2, 0.25) is 5.89 Å². The van der Waals surface area contributed by atoms with Crippen LogP contribution in [-0.4, -0.2) is 57.7 Å². The molecule has 176 valence electrons. The summed E-state index contributed by atoms with van der Waals surface area (Å²) in [5.41, 5.74) is 8.03. The summed E-state index contributed by atoms with van der Waals surface area (Å²) in [6.45, 7) is 5.13. The van der Waals surface area contributed by atoms with Crippen molar-refractivity contribution in [2.75, 3.05) is 41.7 Å². The third-order valence-corrected chi connectivity index (χ3v) is 6.75. The lowest BCUT2D eigenvalue weighted by molar-refractivity contribution is 0.200. The molecule has 2 saturated carbocycles. The number of piperazine rings is 1. The number of hydrogen-bond acceptors (Lipinski definition) is 10. The van der Waals surface area contributed by atoms with Crippen LogP contribution in [0.25, 0.3) is 0 Å². The van der Waals surface area contributed by atoms with Crippen LogP contribution in [0.2, 0.25) is 0 Å². The molecule has 6 rings (SSSR count). The normalized spacial score (nSPS) is 19.2. The molecule has 2 aromatic heterocycles. The molecule has 3 N–H and O–H groups in total. The summed E-state index contributed by atoms with van der Waals surface area (Å²) in [5, 5.41) is 17.2. The van der Waals surface area contributed by atoms with Crippen LogP contribution in [-0.2, 0) is 0 Å². The van der Waals surface area contributed by atoms with Gasteiger partial charge in [-0.3, -0.25) is 5.41 Å². The Bertz CT molecular complexity index is 1230. The van der Waals surface area contributed by atoms with Crippen LogP contribution < -0.4 is 20.3 Å². The molecule has 2 aliphatic carbocycles. The van der Waals surface area contributed by atoms with E-state index in [1.54, 1.807) is 6.07 Å². The maximum atomic E-state index is 8.77. The van der Waals surface area contributed by atoms with Gasteiger partial charge in [0.1, 0.15) is 23.5 Å². The van der Waals surface area contributed by atoms with Crippen LogP contribution in [0.15, 0.2) is 35.0 Å². The molecule has 1 aliphatic heterocycles. The smallest absolute Gasteiger partial charge is 0.318 e. The number of aromatic nitrogens is 4.